The molecule has 0 spiro atoms. The first-order valence-electron chi connectivity index (χ1n) is 5.82. The van der Waals surface area contributed by atoms with Crippen LogP contribution in [0.5, 0.6) is 0 Å². The van der Waals surface area contributed by atoms with Gasteiger partial charge in [0.2, 0.25) is 0 Å². The van der Waals surface area contributed by atoms with Crippen LogP contribution in [0.15, 0.2) is 16.9 Å². The van der Waals surface area contributed by atoms with Crippen molar-refractivity contribution < 1.29 is 0 Å². The average molecular weight is 250 g/mol. The van der Waals surface area contributed by atoms with E-state index in [1.165, 1.54) is 0 Å². The van der Waals surface area contributed by atoms with Gasteiger partial charge in [-0.25, -0.2) is 9.97 Å². The molecule has 0 fully saturated rings. The topological polar surface area (TPSA) is 47.8 Å². The minimum atomic E-state index is 0.0102. The quantitative estimate of drug-likeness (QED) is 0.673. The molecule has 88 valence electrons. The summed E-state index contributed by atoms with van der Waals surface area (Å²) in [7, 11) is 0. The lowest BCUT2D eigenvalue weighted by molar-refractivity contribution is 0.613. The molecule has 0 radical (unpaired) electrons. The summed E-state index contributed by atoms with van der Waals surface area (Å²) in [4.78, 5) is 20.9. The van der Waals surface area contributed by atoms with E-state index in [0.29, 0.717) is 16.2 Å². The Bertz CT molecular complexity index is 635. The van der Waals surface area contributed by atoms with Crippen molar-refractivity contribution in [1.29, 1.82) is 0 Å². The van der Waals surface area contributed by atoms with Gasteiger partial charge < -0.3 is 0 Å². The number of halogens is 1. The highest BCUT2D eigenvalue weighted by atomic mass is 35.5. The van der Waals surface area contributed by atoms with E-state index in [0.717, 1.165) is 38.1 Å². The Balaban J connectivity index is 2.33. The van der Waals surface area contributed by atoms with Crippen LogP contribution in [0, 0.1) is 0 Å². The summed E-state index contributed by atoms with van der Waals surface area (Å²) in [6, 6.07) is 3.34. The lowest BCUT2D eigenvalue weighted by Gasteiger charge is -2.09. The first kappa shape index (κ1) is 10.7. The van der Waals surface area contributed by atoms with Crippen molar-refractivity contribution in [2.24, 2.45) is 0 Å². The molecule has 1 aliphatic heterocycles. The Morgan fingerprint density at radius 1 is 1.18 bits per heavy atom. The van der Waals surface area contributed by atoms with E-state index in [1.807, 2.05) is 0 Å². The molecule has 5 heteroatoms. The van der Waals surface area contributed by atoms with Gasteiger partial charge in [0.15, 0.2) is 5.65 Å². The third kappa shape index (κ3) is 1.82. The smallest absolute Gasteiger partial charge is 0.263 e. The molecule has 0 saturated heterocycles. The number of aryl methyl sites for hydroxylation is 1. The molecule has 3 heterocycles. The molecule has 0 aliphatic carbocycles. The molecule has 2 aromatic rings. The van der Waals surface area contributed by atoms with E-state index in [-0.39, 0.29) is 5.56 Å². The zero-order valence-electron chi connectivity index (χ0n) is 9.32. The standard InChI is InChI=1S/C12H12ClN3O/c13-9-6-5-8-11(14-9)15-10-4-2-1-3-7-16(10)12(8)17/h5-6H,1-4,7H2. The zero-order valence-corrected chi connectivity index (χ0v) is 10.1. The molecule has 1 aliphatic rings. The first-order valence-corrected chi connectivity index (χ1v) is 6.19. The fraction of sp³-hybridized carbons (Fsp3) is 0.417. The Morgan fingerprint density at radius 3 is 2.94 bits per heavy atom. The minimum absolute atomic E-state index is 0.0102. The summed E-state index contributed by atoms with van der Waals surface area (Å²) in [5, 5.41) is 0.933. The number of hydrogen-bond acceptors (Lipinski definition) is 3. The van der Waals surface area contributed by atoms with Crippen LogP contribution < -0.4 is 5.56 Å². The van der Waals surface area contributed by atoms with Crippen LogP contribution in [0.4, 0.5) is 0 Å². The zero-order chi connectivity index (χ0) is 11.8. The molecular formula is C12H12ClN3O. The lowest BCUT2D eigenvalue weighted by Crippen LogP contribution is -2.24. The van der Waals surface area contributed by atoms with Crippen LogP contribution in [0.3, 0.4) is 0 Å². The van der Waals surface area contributed by atoms with Gasteiger partial charge in [-0.2, -0.15) is 0 Å². The normalized spacial score (nSPS) is 15.6. The molecule has 4 nitrogen and oxygen atoms in total. The summed E-state index contributed by atoms with van der Waals surface area (Å²) >= 11 is 5.83. The highest BCUT2D eigenvalue weighted by molar-refractivity contribution is 6.29. The number of pyridine rings is 1. The van der Waals surface area contributed by atoms with Gasteiger partial charge >= 0.3 is 0 Å². The molecule has 17 heavy (non-hydrogen) atoms. The van der Waals surface area contributed by atoms with Crippen molar-refractivity contribution in [2.45, 2.75) is 32.2 Å². The van der Waals surface area contributed by atoms with Gasteiger partial charge in [-0.05, 0) is 25.0 Å². The maximum Gasteiger partial charge on any atom is 0.263 e. The van der Waals surface area contributed by atoms with Crippen molar-refractivity contribution in [1.82, 2.24) is 14.5 Å². The van der Waals surface area contributed by atoms with Gasteiger partial charge in [0.1, 0.15) is 11.0 Å². The summed E-state index contributed by atoms with van der Waals surface area (Å²) in [6.45, 7) is 0.764. The number of rotatable bonds is 0. The first-order chi connectivity index (χ1) is 8.25. The van der Waals surface area contributed by atoms with Gasteiger partial charge in [-0.1, -0.05) is 18.0 Å². The van der Waals surface area contributed by atoms with Crippen LogP contribution in [-0.4, -0.2) is 14.5 Å². The van der Waals surface area contributed by atoms with Crippen molar-refractivity contribution >= 4 is 22.6 Å². The molecule has 2 aromatic heterocycles. The van der Waals surface area contributed by atoms with Crippen molar-refractivity contribution in [3.05, 3.63) is 33.5 Å². The van der Waals surface area contributed by atoms with Crippen molar-refractivity contribution in [2.75, 3.05) is 0 Å². The summed E-state index contributed by atoms with van der Waals surface area (Å²) in [5.41, 5.74) is 0.478. The number of fused-ring (bicyclic) bond motifs is 2. The van der Waals surface area contributed by atoms with Crippen LogP contribution in [-0.2, 0) is 13.0 Å². The molecule has 0 unspecified atom stereocenters. The van der Waals surface area contributed by atoms with E-state index in [4.69, 9.17) is 11.6 Å². The van der Waals surface area contributed by atoms with E-state index in [1.54, 1.807) is 16.7 Å². The van der Waals surface area contributed by atoms with Crippen molar-refractivity contribution in [3.63, 3.8) is 0 Å². The number of hydrogen-bond donors (Lipinski definition) is 0. The van der Waals surface area contributed by atoms with Crippen LogP contribution in [0.25, 0.3) is 11.0 Å². The molecule has 0 N–H and O–H groups in total. The molecule has 0 aromatic carbocycles. The molecular weight excluding hydrogens is 238 g/mol. The van der Waals surface area contributed by atoms with Gasteiger partial charge in [0, 0.05) is 13.0 Å². The Morgan fingerprint density at radius 2 is 2.06 bits per heavy atom. The maximum absolute atomic E-state index is 12.3. The average Bonchev–Trinajstić information content (AvgIpc) is 2.54. The maximum atomic E-state index is 12.3. The van der Waals surface area contributed by atoms with Crippen LogP contribution >= 0.6 is 11.6 Å². The van der Waals surface area contributed by atoms with Crippen LogP contribution in [0.2, 0.25) is 5.15 Å². The minimum Gasteiger partial charge on any atom is -0.296 e. The second-order valence-electron chi connectivity index (χ2n) is 4.30. The lowest BCUT2D eigenvalue weighted by atomic mass is 10.2. The van der Waals surface area contributed by atoms with E-state index in [2.05, 4.69) is 9.97 Å². The van der Waals surface area contributed by atoms with E-state index < -0.39 is 0 Å². The largest absolute Gasteiger partial charge is 0.296 e. The molecule has 3 rings (SSSR count). The van der Waals surface area contributed by atoms with Gasteiger partial charge in [0.25, 0.3) is 5.56 Å². The van der Waals surface area contributed by atoms with Crippen molar-refractivity contribution in [3.8, 4) is 0 Å². The van der Waals surface area contributed by atoms with Gasteiger partial charge in [-0.15, -0.1) is 0 Å². The third-order valence-corrected chi connectivity index (χ3v) is 3.36. The molecule has 0 bridgehead atoms. The monoisotopic (exact) mass is 249 g/mol. The summed E-state index contributed by atoms with van der Waals surface area (Å²) < 4.78 is 1.78. The molecule has 0 saturated carbocycles. The van der Waals surface area contributed by atoms with E-state index >= 15 is 0 Å². The highest BCUT2D eigenvalue weighted by Gasteiger charge is 2.14. The number of aromatic nitrogens is 3. The summed E-state index contributed by atoms with van der Waals surface area (Å²) in [6.07, 6.45) is 4.12. The van der Waals surface area contributed by atoms with Gasteiger partial charge in [0.05, 0.1) is 5.39 Å². The van der Waals surface area contributed by atoms with Gasteiger partial charge in [-0.3, -0.25) is 9.36 Å². The van der Waals surface area contributed by atoms with Crippen LogP contribution in [0.1, 0.15) is 25.1 Å². The number of nitrogens with zero attached hydrogens (tertiary/aromatic N) is 3. The molecule has 0 amide bonds. The Hall–Kier alpha value is -1.42. The highest BCUT2D eigenvalue weighted by Crippen LogP contribution is 2.15. The fourth-order valence-electron chi connectivity index (χ4n) is 2.27. The Labute approximate surface area is 103 Å². The second kappa shape index (κ2) is 4.11. The predicted octanol–water partition coefficient (Wildman–Crippen LogP) is 2.17. The van der Waals surface area contributed by atoms with E-state index in [9.17, 15) is 4.79 Å². The summed E-state index contributed by atoms with van der Waals surface area (Å²) in [5.74, 6) is 0.842. The molecule has 0 atom stereocenters. The fourth-order valence-corrected chi connectivity index (χ4v) is 2.42. The SMILES string of the molecule is O=c1c2ccc(Cl)nc2nc2n1CCCCC2. The predicted molar refractivity (Wildman–Crippen MR) is 66.4 cm³/mol. The Kier molecular flexibility index (Phi) is 2.59. The second-order valence-corrected chi connectivity index (χ2v) is 4.69. The third-order valence-electron chi connectivity index (χ3n) is 3.15.